The second-order valence-electron chi connectivity index (χ2n) is 7.95. The third-order valence-electron chi connectivity index (χ3n) is 5.80. The SMILES string of the molecule is CCc1nn(-c2c(Cl)cccc2Cl)c(=O)c2cnc(Nc3ccc(N4CCNCC4)cc3)nc12. The maximum atomic E-state index is 13.2. The Kier molecular flexibility index (Phi) is 6.36. The number of hydrogen-bond donors (Lipinski definition) is 2. The molecular formula is C24H23Cl2N7O. The highest BCUT2D eigenvalue weighted by Crippen LogP contribution is 2.28. The number of benzene rings is 2. The Balaban J connectivity index is 1.48. The van der Waals surface area contributed by atoms with Gasteiger partial charge in [-0.05, 0) is 42.8 Å². The number of nitrogens with one attached hydrogen (secondary N) is 2. The summed E-state index contributed by atoms with van der Waals surface area (Å²) in [4.78, 5) is 24.6. The highest BCUT2D eigenvalue weighted by molar-refractivity contribution is 6.37. The number of aromatic nitrogens is 4. The Morgan fingerprint density at radius 1 is 1.06 bits per heavy atom. The van der Waals surface area contributed by atoms with Crippen LogP contribution in [0.25, 0.3) is 16.6 Å². The van der Waals surface area contributed by atoms with E-state index < -0.39 is 0 Å². The molecule has 0 bridgehead atoms. The molecule has 5 rings (SSSR count). The molecule has 1 saturated heterocycles. The van der Waals surface area contributed by atoms with Crippen LogP contribution in [0.2, 0.25) is 10.0 Å². The lowest BCUT2D eigenvalue weighted by Crippen LogP contribution is -2.43. The Morgan fingerprint density at radius 3 is 2.44 bits per heavy atom. The minimum absolute atomic E-state index is 0.340. The van der Waals surface area contributed by atoms with E-state index in [0.717, 1.165) is 31.9 Å². The Bertz CT molecular complexity index is 1380. The van der Waals surface area contributed by atoms with E-state index in [1.54, 1.807) is 18.2 Å². The van der Waals surface area contributed by atoms with E-state index in [0.29, 0.717) is 44.7 Å². The highest BCUT2D eigenvalue weighted by Gasteiger charge is 2.17. The van der Waals surface area contributed by atoms with E-state index in [-0.39, 0.29) is 5.56 Å². The lowest BCUT2D eigenvalue weighted by Gasteiger charge is -2.29. The molecule has 8 nitrogen and oxygen atoms in total. The quantitative estimate of drug-likeness (QED) is 0.428. The van der Waals surface area contributed by atoms with Crippen LogP contribution < -0.4 is 21.1 Å². The summed E-state index contributed by atoms with van der Waals surface area (Å²) >= 11 is 12.7. The van der Waals surface area contributed by atoms with Crippen LogP contribution in [-0.2, 0) is 6.42 Å². The van der Waals surface area contributed by atoms with Crippen molar-refractivity contribution in [3.8, 4) is 5.69 Å². The number of rotatable bonds is 5. The van der Waals surface area contributed by atoms with Gasteiger partial charge in [0.1, 0.15) is 11.2 Å². The average molecular weight is 496 g/mol. The molecule has 1 aliphatic rings. The lowest BCUT2D eigenvalue weighted by molar-refractivity contribution is 0.589. The van der Waals surface area contributed by atoms with Crippen LogP contribution in [0.3, 0.4) is 0 Å². The fourth-order valence-corrected chi connectivity index (χ4v) is 4.59. The zero-order valence-corrected chi connectivity index (χ0v) is 20.1. The van der Waals surface area contributed by atoms with Gasteiger partial charge in [0.05, 0.1) is 21.1 Å². The third-order valence-corrected chi connectivity index (χ3v) is 6.41. The van der Waals surface area contributed by atoms with Crippen LogP contribution in [0.5, 0.6) is 0 Å². The Morgan fingerprint density at radius 2 is 1.76 bits per heavy atom. The number of aryl methyl sites for hydroxylation is 1. The molecule has 0 saturated carbocycles. The highest BCUT2D eigenvalue weighted by atomic mass is 35.5. The van der Waals surface area contributed by atoms with Crippen molar-refractivity contribution in [2.75, 3.05) is 36.4 Å². The van der Waals surface area contributed by atoms with E-state index in [2.05, 4.69) is 42.7 Å². The summed E-state index contributed by atoms with van der Waals surface area (Å²) in [5.41, 5.74) is 3.16. The zero-order chi connectivity index (χ0) is 23.7. The summed E-state index contributed by atoms with van der Waals surface area (Å²) in [6.07, 6.45) is 2.08. The second kappa shape index (κ2) is 9.58. The number of fused-ring (bicyclic) bond motifs is 1. The van der Waals surface area contributed by atoms with Crippen molar-refractivity contribution in [2.24, 2.45) is 0 Å². The number of anilines is 3. The van der Waals surface area contributed by atoms with Crippen LogP contribution in [0.1, 0.15) is 12.6 Å². The van der Waals surface area contributed by atoms with Crippen LogP contribution in [-0.4, -0.2) is 45.9 Å². The van der Waals surface area contributed by atoms with Crippen molar-refractivity contribution in [1.29, 1.82) is 0 Å². The predicted molar refractivity (Wildman–Crippen MR) is 137 cm³/mol. The van der Waals surface area contributed by atoms with Crippen molar-refractivity contribution in [2.45, 2.75) is 13.3 Å². The van der Waals surface area contributed by atoms with Gasteiger partial charge in [0, 0.05) is 43.8 Å². The van der Waals surface area contributed by atoms with Gasteiger partial charge in [0.25, 0.3) is 5.56 Å². The molecule has 1 aliphatic heterocycles. The first-order valence-corrected chi connectivity index (χ1v) is 11.9. The first-order valence-electron chi connectivity index (χ1n) is 11.1. The Labute approximate surface area is 206 Å². The zero-order valence-electron chi connectivity index (χ0n) is 18.6. The smallest absolute Gasteiger partial charge is 0.282 e. The molecule has 4 aromatic rings. The van der Waals surface area contributed by atoms with Gasteiger partial charge in [-0.25, -0.2) is 9.97 Å². The van der Waals surface area contributed by atoms with Gasteiger partial charge >= 0.3 is 0 Å². The molecule has 0 unspecified atom stereocenters. The van der Waals surface area contributed by atoms with Gasteiger partial charge in [0.15, 0.2) is 0 Å². The summed E-state index contributed by atoms with van der Waals surface area (Å²) in [5.74, 6) is 0.395. The maximum Gasteiger partial charge on any atom is 0.282 e. The van der Waals surface area contributed by atoms with Crippen LogP contribution in [0, 0.1) is 0 Å². The monoisotopic (exact) mass is 495 g/mol. The third kappa shape index (κ3) is 4.32. The molecule has 0 radical (unpaired) electrons. The largest absolute Gasteiger partial charge is 0.369 e. The second-order valence-corrected chi connectivity index (χ2v) is 8.77. The standard InChI is InChI=1S/C24H23Cl2N7O/c1-2-20-21-17(23(34)33(31-20)22-18(25)4-3-5-19(22)26)14-28-24(30-21)29-15-6-8-16(9-7-15)32-12-10-27-11-13-32/h3-9,14,27H,2,10-13H2,1H3,(H,28,29,30). The molecule has 3 heterocycles. The Hall–Kier alpha value is -3.20. The minimum Gasteiger partial charge on any atom is -0.369 e. The van der Waals surface area contributed by atoms with Gasteiger partial charge < -0.3 is 15.5 Å². The molecule has 0 spiro atoms. The topological polar surface area (TPSA) is 88.0 Å². The molecule has 0 atom stereocenters. The number of hydrogen-bond acceptors (Lipinski definition) is 7. The molecular weight excluding hydrogens is 473 g/mol. The van der Waals surface area contributed by atoms with Crippen molar-refractivity contribution < 1.29 is 0 Å². The first-order chi connectivity index (χ1) is 16.5. The fourth-order valence-electron chi connectivity index (χ4n) is 4.03. The molecule has 2 aromatic heterocycles. The summed E-state index contributed by atoms with van der Waals surface area (Å²) in [5, 5.41) is 12.1. The van der Waals surface area contributed by atoms with E-state index >= 15 is 0 Å². The predicted octanol–water partition coefficient (Wildman–Crippen LogP) is 4.20. The van der Waals surface area contributed by atoms with Crippen LogP contribution in [0.4, 0.5) is 17.3 Å². The summed E-state index contributed by atoms with van der Waals surface area (Å²) in [6, 6.07) is 13.2. The molecule has 2 N–H and O–H groups in total. The maximum absolute atomic E-state index is 13.2. The summed E-state index contributed by atoms with van der Waals surface area (Å²) in [6.45, 7) is 5.91. The van der Waals surface area contributed by atoms with Crippen LogP contribution >= 0.6 is 23.2 Å². The fraction of sp³-hybridized carbons (Fsp3) is 0.250. The lowest BCUT2D eigenvalue weighted by atomic mass is 10.2. The van der Waals surface area contributed by atoms with E-state index in [1.165, 1.54) is 16.6 Å². The average Bonchev–Trinajstić information content (AvgIpc) is 2.86. The van der Waals surface area contributed by atoms with Crippen molar-refractivity contribution in [3.63, 3.8) is 0 Å². The van der Waals surface area contributed by atoms with Crippen molar-refractivity contribution in [1.82, 2.24) is 25.1 Å². The van der Waals surface area contributed by atoms with Gasteiger partial charge in [-0.1, -0.05) is 36.2 Å². The van der Waals surface area contributed by atoms with E-state index in [9.17, 15) is 4.79 Å². The van der Waals surface area contributed by atoms with Gasteiger partial charge in [-0.3, -0.25) is 4.79 Å². The molecule has 0 aliphatic carbocycles. The summed E-state index contributed by atoms with van der Waals surface area (Å²) in [7, 11) is 0. The van der Waals surface area contributed by atoms with Gasteiger partial charge in [0.2, 0.25) is 5.95 Å². The number of halogens is 2. The van der Waals surface area contributed by atoms with Crippen molar-refractivity contribution in [3.05, 3.63) is 74.8 Å². The van der Waals surface area contributed by atoms with E-state index in [1.807, 2.05) is 19.1 Å². The normalized spacial score (nSPS) is 13.9. The molecule has 1 fully saturated rings. The first kappa shape index (κ1) is 22.6. The molecule has 2 aromatic carbocycles. The minimum atomic E-state index is -0.380. The van der Waals surface area contributed by atoms with Gasteiger partial charge in [-0.15, -0.1) is 0 Å². The van der Waals surface area contributed by atoms with Crippen LogP contribution in [0.15, 0.2) is 53.5 Å². The van der Waals surface area contributed by atoms with Gasteiger partial charge in [-0.2, -0.15) is 9.78 Å². The molecule has 174 valence electrons. The number of piperazine rings is 1. The summed E-state index contributed by atoms with van der Waals surface area (Å²) < 4.78 is 1.23. The molecule has 0 amide bonds. The van der Waals surface area contributed by atoms with Crippen molar-refractivity contribution >= 4 is 51.4 Å². The molecule has 10 heteroatoms. The molecule has 34 heavy (non-hydrogen) atoms. The number of nitrogens with zero attached hydrogens (tertiary/aromatic N) is 5. The number of para-hydroxylation sites is 1. The van der Waals surface area contributed by atoms with E-state index in [4.69, 9.17) is 23.2 Å².